The first-order valence-corrected chi connectivity index (χ1v) is 8.11. The molecule has 24 heavy (non-hydrogen) atoms. The minimum absolute atomic E-state index is 0.171. The van der Waals surface area contributed by atoms with Gasteiger partial charge in [0.1, 0.15) is 11.6 Å². The van der Waals surface area contributed by atoms with E-state index in [-0.39, 0.29) is 11.6 Å². The summed E-state index contributed by atoms with van der Waals surface area (Å²) in [7, 11) is 0. The van der Waals surface area contributed by atoms with Gasteiger partial charge in [-0.2, -0.15) is 0 Å². The monoisotopic (exact) mass is 318 g/mol. The third-order valence-corrected chi connectivity index (χ3v) is 4.02. The van der Waals surface area contributed by atoms with Crippen molar-refractivity contribution in [1.82, 2.24) is 0 Å². The topological polar surface area (TPSA) is 17.1 Å². The van der Waals surface area contributed by atoms with Gasteiger partial charge in [0.25, 0.3) is 0 Å². The molecular weight excluding hydrogens is 299 g/mol. The molecule has 0 atom stereocenters. The molecule has 0 aromatic heterocycles. The van der Waals surface area contributed by atoms with Crippen LogP contribution in [0.15, 0.2) is 78.9 Å². The minimum atomic E-state index is -0.254. The highest BCUT2D eigenvalue weighted by Gasteiger charge is 2.06. The molecule has 0 heterocycles. The Hall–Kier alpha value is -2.74. The van der Waals surface area contributed by atoms with E-state index in [4.69, 9.17) is 0 Å². The highest BCUT2D eigenvalue weighted by atomic mass is 19.1. The molecule has 0 saturated carbocycles. The second-order valence-electron chi connectivity index (χ2n) is 5.91. The summed E-state index contributed by atoms with van der Waals surface area (Å²) >= 11 is 0. The third-order valence-electron chi connectivity index (χ3n) is 4.02. The van der Waals surface area contributed by atoms with E-state index in [1.165, 1.54) is 12.1 Å². The molecule has 3 aromatic carbocycles. The van der Waals surface area contributed by atoms with E-state index in [0.717, 1.165) is 22.3 Å². The molecule has 120 valence electrons. The Morgan fingerprint density at radius 3 is 2.25 bits per heavy atom. The van der Waals surface area contributed by atoms with Crippen LogP contribution in [0.2, 0.25) is 0 Å². The fourth-order valence-electron chi connectivity index (χ4n) is 2.78. The van der Waals surface area contributed by atoms with Crippen molar-refractivity contribution in [2.75, 3.05) is 0 Å². The Morgan fingerprint density at radius 2 is 1.46 bits per heavy atom. The van der Waals surface area contributed by atoms with E-state index in [9.17, 15) is 9.18 Å². The van der Waals surface area contributed by atoms with E-state index in [1.807, 2.05) is 36.4 Å². The predicted octanol–water partition coefficient (Wildman–Crippen LogP) is 5.24. The van der Waals surface area contributed by atoms with E-state index in [1.54, 1.807) is 6.07 Å². The lowest BCUT2D eigenvalue weighted by molar-refractivity contribution is -0.118. The van der Waals surface area contributed by atoms with Crippen molar-refractivity contribution < 1.29 is 9.18 Å². The average molecular weight is 318 g/mol. The summed E-state index contributed by atoms with van der Waals surface area (Å²) in [5.74, 6) is -0.0833. The first-order chi connectivity index (χ1) is 11.7. The fourth-order valence-corrected chi connectivity index (χ4v) is 2.78. The molecule has 0 bridgehead atoms. The van der Waals surface area contributed by atoms with Crippen molar-refractivity contribution in [2.45, 2.75) is 19.3 Å². The Morgan fingerprint density at radius 1 is 0.750 bits per heavy atom. The Labute approximate surface area is 141 Å². The second-order valence-corrected chi connectivity index (χ2v) is 5.91. The number of rotatable bonds is 6. The molecule has 0 amide bonds. The summed E-state index contributed by atoms with van der Waals surface area (Å²) in [5, 5.41) is 0. The van der Waals surface area contributed by atoms with Crippen LogP contribution in [0.3, 0.4) is 0 Å². The van der Waals surface area contributed by atoms with E-state index >= 15 is 0 Å². The molecule has 0 N–H and O–H groups in total. The molecular formula is C22H19FO. The lowest BCUT2D eigenvalue weighted by Gasteiger charge is -2.06. The minimum Gasteiger partial charge on any atom is -0.299 e. The van der Waals surface area contributed by atoms with Crippen LogP contribution in [0.5, 0.6) is 0 Å². The lowest BCUT2D eigenvalue weighted by atomic mass is 9.98. The van der Waals surface area contributed by atoms with Crippen molar-refractivity contribution >= 4 is 5.78 Å². The van der Waals surface area contributed by atoms with Crippen LogP contribution >= 0.6 is 0 Å². The van der Waals surface area contributed by atoms with Gasteiger partial charge >= 0.3 is 0 Å². The lowest BCUT2D eigenvalue weighted by Crippen LogP contribution is -2.04. The molecule has 2 heteroatoms. The normalized spacial score (nSPS) is 10.5. The maximum Gasteiger partial charge on any atom is 0.137 e. The number of aryl methyl sites for hydroxylation is 1. The number of Topliss-reactive ketones (excluding diaryl/α,β-unsaturated/α-hetero) is 1. The van der Waals surface area contributed by atoms with Gasteiger partial charge in [0.15, 0.2) is 0 Å². The predicted molar refractivity (Wildman–Crippen MR) is 95.3 cm³/mol. The van der Waals surface area contributed by atoms with Crippen LogP contribution in [0.1, 0.15) is 17.5 Å². The number of ketones is 1. The number of benzene rings is 3. The van der Waals surface area contributed by atoms with Gasteiger partial charge in [0.05, 0.1) is 0 Å². The summed E-state index contributed by atoms with van der Waals surface area (Å²) in [6.07, 6.45) is 1.42. The zero-order valence-corrected chi connectivity index (χ0v) is 13.4. The zero-order chi connectivity index (χ0) is 16.8. The molecule has 3 rings (SSSR count). The van der Waals surface area contributed by atoms with Gasteiger partial charge in [0.2, 0.25) is 0 Å². The maximum absolute atomic E-state index is 13.2. The van der Waals surface area contributed by atoms with Crippen molar-refractivity contribution in [3.63, 3.8) is 0 Å². The number of hydrogen-bond donors (Lipinski definition) is 0. The zero-order valence-electron chi connectivity index (χ0n) is 13.4. The van der Waals surface area contributed by atoms with Crippen LogP contribution < -0.4 is 0 Å². The van der Waals surface area contributed by atoms with Gasteiger partial charge < -0.3 is 0 Å². The molecule has 0 aliphatic carbocycles. The summed E-state index contributed by atoms with van der Waals surface area (Å²) in [5.41, 5.74) is 4.14. The van der Waals surface area contributed by atoms with Crippen molar-refractivity contribution in [1.29, 1.82) is 0 Å². The first kappa shape index (κ1) is 16.1. The molecule has 3 aromatic rings. The summed E-state index contributed by atoms with van der Waals surface area (Å²) in [6.45, 7) is 0. The molecule has 0 spiro atoms. The Bertz CT molecular complexity index is 824. The highest BCUT2D eigenvalue weighted by molar-refractivity contribution is 5.81. The number of halogens is 1. The maximum atomic E-state index is 13.2. The molecule has 1 nitrogen and oxygen atoms in total. The van der Waals surface area contributed by atoms with Crippen LogP contribution in [0, 0.1) is 5.82 Å². The van der Waals surface area contributed by atoms with Crippen LogP contribution in [-0.2, 0) is 17.6 Å². The number of carbonyl (C=O) groups is 1. The Kier molecular flexibility index (Phi) is 5.17. The average Bonchev–Trinajstić information content (AvgIpc) is 2.61. The largest absolute Gasteiger partial charge is 0.299 e. The summed E-state index contributed by atoms with van der Waals surface area (Å²) < 4.78 is 13.2. The SMILES string of the molecule is O=C(CCc1cccc(F)c1)Cc1cccc(-c2ccccc2)c1. The Balaban J connectivity index is 1.62. The van der Waals surface area contributed by atoms with Crippen molar-refractivity contribution in [3.8, 4) is 11.1 Å². The van der Waals surface area contributed by atoms with Gasteiger partial charge in [-0.3, -0.25) is 4.79 Å². The van der Waals surface area contributed by atoms with Crippen LogP contribution in [-0.4, -0.2) is 5.78 Å². The molecule has 0 saturated heterocycles. The molecule has 0 aliphatic rings. The summed E-state index contributed by atoms with van der Waals surface area (Å²) in [6, 6.07) is 24.6. The third kappa shape index (κ3) is 4.39. The van der Waals surface area contributed by atoms with E-state index in [2.05, 4.69) is 24.3 Å². The number of hydrogen-bond acceptors (Lipinski definition) is 1. The van der Waals surface area contributed by atoms with Crippen molar-refractivity contribution in [3.05, 3.63) is 95.8 Å². The van der Waals surface area contributed by atoms with Gasteiger partial charge in [-0.05, 0) is 40.8 Å². The van der Waals surface area contributed by atoms with Crippen LogP contribution in [0.4, 0.5) is 4.39 Å². The molecule has 0 aliphatic heterocycles. The van der Waals surface area contributed by atoms with Crippen molar-refractivity contribution in [2.24, 2.45) is 0 Å². The second kappa shape index (κ2) is 7.69. The molecule has 0 fully saturated rings. The molecule has 0 unspecified atom stereocenters. The van der Waals surface area contributed by atoms with Crippen LogP contribution in [0.25, 0.3) is 11.1 Å². The van der Waals surface area contributed by atoms with Gasteiger partial charge in [-0.25, -0.2) is 4.39 Å². The first-order valence-electron chi connectivity index (χ1n) is 8.11. The van der Waals surface area contributed by atoms with E-state index in [0.29, 0.717) is 19.3 Å². The standard InChI is InChI=1S/C22H19FO/c23-21-11-5-6-17(15-21)12-13-22(24)16-18-7-4-10-20(14-18)19-8-2-1-3-9-19/h1-11,14-15H,12-13,16H2. The quantitative estimate of drug-likeness (QED) is 0.607. The smallest absolute Gasteiger partial charge is 0.137 e. The highest BCUT2D eigenvalue weighted by Crippen LogP contribution is 2.20. The summed E-state index contributed by atoms with van der Waals surface area (Å²) in [4.78, 5) is 12.2. The van der Waals surface area contributed by atoms with E-state index < -0.39 is 0 Å². The van der Waals surface area contributed by atoms with Gasteiger partial charge in [-0.1, -0.05) is 66.7 Å². The van der Waals surface area contributed by atoms with Gasteiger partial charge in [0, 0.05) is 12.8 Å². The number of carbonyl (C=O) groups excluding carboxylic acids is 1. The van der Waals surface area contributed by atoms with Gasteiger partial charge in [-0.15, -0.1) is 0 Å². The fraction of sp³-hybridized carbons (Fsp3) is 0.136. The molecule has 0 radical (unpaired) electrons.